The molecular weight excluding hydrogens is 200 g/mol. The van der Waals surface area contributed by atoms with Crippen LogP contribution in [0.1, 0.15) is 5.56 Å². The van der Waals surface area contributed by atoms with Gasteiger partial charge in [0.1, 0.15) is 6.61 Å². The number of hydrogen-bond donors (Lipinski definition) is 1. The van der Waals surface area contributed by atoms with Gasteiger partial charge < -0.3 is 10.1 Å². The SMILES string of the molecule is C#CCOc1c(F)cc(CNC)cc1F. The van der Waals surface area contributed by atoms with Crippen molar-refractivity contribution in [2.75, 3.05) is 13.7 Å². The van der Waals surface area contributed by atoms with Crippen LogP contribution in [0.2, 0.25) is 0 Å². The molecule has 80 valence electrons. The summed E-state index contributed by atoms with van der Waals surface area (Å²) in [6, 6.07) is 2.43. The predicted octanol–water partition coefficient (Wildman–Crippen LogP) is 1.70. The van der Waals surface area contributed by atoms with Crippen molar-refractivity contribution in [3.05, 3.63) is 29.3 Å². The standard InChI is InChI=1S/C11H11F2NO/c1-3-4-15-11-9(12)5-8(7-14-2)6-10(11)13/h1,5-6,14H,4,7H2,2H3. The molecule has 1 aromatic rings. The van der Waals surface area contributed by atoms with Crippen molar-refractivity contribution in [2.24, 2.45) is 0 Å². The van der Waals surface area contributed by atoms with E-state index in [1.54, 1.807) is 7.05 Å². The van der Waals surface area contributed by atoms with E-state index >= 15 is 0 Å². The Hall–Kier alpha value is -1.60. The average molecular weight is 211 g/mol. The maximum absolute atomic E-state index is 13.3. The van der Waals surface area contributed by atoms with E-state index in [1.165, 1.54) is 12.1 Å². The summed E-state index contributed by atoms with van der Waals surface area (Å²) in [5.74, 6) is 0.239. The summed E-state index contributed by atoms with van der Waals surface area (Å²) < 4.78 is 31.3. The summed E-state index contributed by atoms with van der Waals surface area (Å²) in [6.07, 6.45) is 4.92. The number of ether oxygens (including phenoxy) is 1. The maximum atomic E-state index is 13.3. The van der Waals surface area contributed by atoms with Crippen LogP contribution in [0.4, 0.5) is 8.78 Å². The summed E-state index contributed by atoms with van der Waals surface area (Å²) >= 11 is 0. The highest BCUT2D eigenvalue weighted by atomic mass is 19.1. The number of rotatable bonds is 4. The van der Waals surface area contributed by atoms with Gasteiger partial charge >= 0.3 is 0 Å². The lowest BCUT2D eigenvalue weighted by atomic mass is 10.2. The zero-order valence-electron chi connectivity index (χ0n) is 8.31. The van der Waals surface area contributed by atoms with Crippen LogP contribution in [0.3, 0.4) is 0 Å². The highest BCUT2D eigenvalue weighted by Crippen LogP contribution is 2.23. The first-order valence-corrected chi connectivity index (χ1v) is 4.37. The van der Waals surface area contributed by atoms with Crippen molar-refractivity contribution in [1.82, 2.24) is 5.32 Å². The van der Waals surface area contributed by atoms with E-state index in [2.05, 4.69) is 11.2 Å². The Balaban J connectivity index is 2.94. The van der Waals surface area contributed by atoms with Gasteiger partial charge in [0.15, 0.2) is 17.4 Å². The van der Waals surface area contributed by atoms with Gasteiger partial charge in [-0.2, -0.15) is 0 Å². The second-order valence-corrected chi connectivity index (χ2v) is 2.91. The van der Waals surface area contributed by atoms with Gasteiger partial charge in [-0.1, -0.05) is 5.92 Å². The topological polar surface area (TPSA) is 21.3 Å². The second kappa shape index (κ2) is 5.32. The summed E-state index contributed by atoms with van der Waals surface area (Å²) in [5.41, 5.74) is 0.514. The molecule has 0 heterocycles. The molecule has 0 atom stereocenters. The van der Waals surface area contributed by atoms with Crippen LogP contribution in [0.15, 0.2) is 12.1 Å². The first kappa shape index (κ1) is 11.5. The first-order valence-electron chi connectivity index (χ1n) is 4.37. The van der Waals surface area contributed by atoms with Crippen molar-refractivity contribution in [1.29, 1.82) is 0 Å². The number of nitrogens with one attached hydrogen (secondary N) is 1. The highest BCUT2D eigenvalue weighted by molar-refractivity contribution is 5.31. The minimum Gasteiger partial charge on any atom is -0.475 e. The molecule has 0 bridgehead atoms. The van der Waals surface area contributed by atoms with E-state index in [0.29, 0.717) is 12.1 Å². The lowest BCUT2D eigenvalue weighted by Crippen LogP contribution is -2.07. The molecule has 1 N–H and O–H groups in total. The monoisotopic (exact) mass is 211 g/mol. The fourth-order valence-electron chi connectivity index (χ4n) is 1.17. The molecular formula is C11H11F2NO. The van der Waals surface area contributed by atoms with Crippen LogP contribution in [-0.2, 0) is 6.54 Å². The predicted molar refractivity (Wildman–Crippen MR) is 53.4 cm³/mol. The number of benzene rings is 1. The van der Waals surface area contributed by atoms with Crippen LogP contribution in [0.5, 0.6) is 5.75 Å². The molecule has 1 aromatic carbocycles. The number of halogens is 2. The van der Waals surface area contributed by atoms with Gasteiger partial charge in [0.2, 0.25) is 0 Å². The Morgan fingerprint density at radius 3 is 2.47 bits per heavy atom. The summed E-state index contributed by atoms with van der Waals surface area (Å²) in [7, 11) is 1.69. The molecule has 0 saturated heterocycles. The first-order chi connectivity index (χ1) is 7.19. The fraction of sp³-hybridized carbons (Fsp3) is 0.273. The highest BCUT2D eigenvalue weighted by Gasteiger charge is 2.11. The van der Waals surface area contributed by atoms with E-state index in [4.69, 9.17) is 11.2 Å². The van der Waals surface area contributed by atoms with Gasteiger partial charge in [-0.3, -0.25) is 0 Å². The number of terminal acetylenes is 1. The summed E-state index contributed by atoms with van der Waals surface area (Å²) in [6.45, 7) is 0.239. The van der Waals surface area contributed by atoms with Gasteiger partial charge in [-0.25, -0.2) is 8.78 Å². The average Bonchev–Trinajstić information content (AvgIpc) is 2.17. The molecule has 0 unspecified atom stereocenters. The molecule has 1 rings (SSSR count). The zero-order chi connectivity index (χ0) is 11.3. The normalized spacial score (nSPS) is 9.73. The molecule has 0 spiro atoms. The van der Waals surface area contributed by atoms with E-state index in [1.807, 2.05) is 0 Å². The quantitative estimate of drug-likeness (QED) is 0.765. The van der Waals surface area contributed by atoms with E-state index < -0.39 is 17.4 Å². The fourth-order valence-corrected chi connectivity index (χ4v) is 1.17. The van der Waals surface area contributed by atoms with Gasteiger partial charge in [-0.15, -0.1) is 6.42 Å². The van der Waals surface area contributed by atoms with Gasteiger partial charge in [-0.05, 0) is 24.7 Å². The molecule has 4 heteroatoms. The van der Waals surface area contributed by atoms with Crippen molar-refractivity contribution in [3.63, 3.8) is 0 Å². The van der Waals surface area contributed by atoms with Gasteiger partial charge in [0.05, 0.1) is 0 Å². The smallest absolute Gasteiger partial charge is 0.192 e. The Bertz CT molecular complexity index is 362. The van der Waals surface area contributed by atoms with E-state index in [9.17, 15) is 8.78 Å². The minimum atomic E-state index is -0.740. The second-order valence-electron chi connectivity index (χ2n) is 2.91. The molecule has 0 aliphatic rings. The van der Waals surface area contributed by atoms with Crippen LogP contribution in [-0.4, -0.2) is 13.7 Å². The van der Waals surface area contributed by atoms with E-state index in [0.717, 1.165) is 0 Å². The van der Waals surface area contributed by atoms with E-state index in [-0.39, 0.29) is 6.61 Å². The van der Waals surface area contributed by atoms with Gasteiger partial charge in [0, 0.05) is 6.54 Å². The van der Waals surface area contributed by atoms with Crippen LogP contribution in [0, 0.1) is 24.0 Å². The van der Waals surface area contributed by atoms with Crippen LogP contribution < -0.4 is 10.1 Å². The van der Waals surface area contributed by atoms with Crippen LogP contribution >= 0.6 is 0 Å². The number of hydrogen-bond acceptors (Lipinski definition) is 2. The lowest BCUT2D eigenvalue weighted by Gasteiger charge is -2.07. The lowest BCUT2D eigenvalue weighted by molar-refractivity contribution is 0.326. The molecule has 0 fully saturated rings. The zero-order valence-corrected chi connectivity index (χ0v) is 8.31. The van der Waals surface area contributed by atoms with Crippen molar-refractivity contribution in [2.45, 2.75) is 6.54 Å². The minimum absolute atomic E-state index is 0.154. The molecule has 15 heavy (non-hydrogen) atoms. The van der Waals surface area contributed by atoms with Crippen molar-refractivity contribution in [3.8, 4) is 18.1 Å². The van der Waals surface area contributed by atoms with Crippen molar-refractivity contribution >= 4 is 0 Å². The Morgan fingerprint density at radius 1 is 1.40 bits per heavy atom. The third-order valence-electron chi connectivity index (χ3n) is 1.74. The summed E-state index contributed by atoms with van der Waals surface area (Å²) in [5, 5.41) is 2.79. The Kier molecular flexibility index (Phi) is 4.07. The van der Waals surface area contributed by atoms with Gasteiger partial charge in [0.25, 0.3) is 0 Å². The third-order valence-corrected chi connectivity index (χ3v) is 1.74. The maximum Gasteiger partial charge on any atom is 0.192 e. The molecule has 0 aliphatic heterocycles. The van der Waals surface area contributed by atoms with Crippen LogP contribution in [0.25, 0.3) is 0 Å². The molecule has 0 aromatic heterocycles. The molecule has 0 radical (unpaired) electrons. The molecule has 0 amide bonds. The molecule has 2 nitrogen and oxygen atoms in total. The van der Waals surface area contributed by atoms with Crippen molar-refractivity contribution < 1.29 is 13.5 Å². The Labute approximate surface area is 87.2 Å². The largest absolute Gasteiger partial charge is 0.475 e. The third kappa shape index (κ3) is 2.93. The molecule has 0 saturated carbocycles. The Morgan fingerprint density at radius 2 is 2.00 bits per heavy atom. The molecule has 0 aliphatic carbocycles. The summed E-state index contributed by atoms with van der Waals surface area (Å²) in [4.78, 5) is 0.